The summed E-state index contributed by atoms with van der Waals surface area (Å²) in [5.41, 5.74) is 0. The van der Waals surface area contributed by atoms with E-state index in [9.17, 15) is 0 Å². The van der Waals surface area contributed by atoms with Crippen LogP contribution < -0.4 is 0 Å². The second-order valence-electron chi connectivity index (χ2n) is 2.25. The fourth-order valence-corrected chi connectivity index (χ4v) is 0.827. The quantitative estimate of drug-likeness (QED) is 0.549. The Kier molecular flexibility index (Phi) is 3.72. The fraction of sp³-hybridized carbons (Fsp3) is 1.00. The van der Waals surface area contributed by atoms with Crippen LogP contribution in [0.1, 0.15) is 13.3 Å². The zero-order valence-electron chi connectivity index (χ0n) is 6.34. The van der Waals surface area contributed by atoms with E-state index in [1.54, 1.807) is 0 Å². The van der Waals surface area contributed by atoms with Crippen LogP contribution in [-0.4, -0.2) is 32.7 Å². The van der Waals surface area contributed by atoms with E-state index in [1.807, 2.05) is 0 Å². The summed E-state index contributed by atoms with van der Waals surface area (Å²) in [6, 6.07) is 0. The first-order chi connectivity index (χ1) is 4.93. The van der Waals surface area contributed by atoms with E-state index in [1.165, 1.54) is 0 Å². The Morgan fingerprint density at radius 3 is 2.70 bits per heavy atom. The monoisotopic (exact) mass is 146 g/mol. The van der Waals surface area contributed by atoms with Crippen LogP contribution in [0, 0.1) is 0 Å². The minimum absolute atomic E-state index is 0.105. The molecule has 0 aromatic rings. The average Bonchev–Trinajstić information content (AvgIpc) is 2.41. The number of hydrogen-bond donors (Lipinski definition) is 0. The van der Waals surface area contributed by atoms with Crippen LogP contribution in [0.25, 0.3) is 0 Å². The summed E-state index contributed by atoms with van der Waals surface area (Å²) in [6.45, 7) is 4.87. The summed E-state index contributed by atoms with van der Waals surface area (Å²) in [5.74, 6) is 0. The van der Waals surface area contributed by atoms with Crippen LogP contribution in [-0.2, 0) is 14.2 Å². The molecule has 0 aliphatic carbocycles. The van der Waals surface area contributed by atoms with E-state index in [0.717, 1.165) is 13.0 Å². The van der Waals surface area contributed by atoms with Gasteiger partial charge >= 0.3 is 0 Å². The maximum absolute atomic E-state index is 5.22. The minimum Gasteiger partial charge on any atom is -0.376 e. The van der Waals surface area contributed by atoms with Gasteiger partial charge < -0.3 is 14.2 Å². The van der Waals surface area contributed by atoms with Crippen molar-refractivity contribution >= 4 is 0 Å². The Morgan fingerprint density at radius 2 is 2.10 bits per heavy atom. The van der Waals surface area contributed by atoms with Gasteiger partial charge in [0, 0.05) is 6.61 Å². The van der Waals surface area contributed by atoms with Gasteiger partial charge in [-0.1, -0.05) is 6.92 Å². The summed E-state index contributed by atoms with van der Waals surface area (Å²) >= 11 is 0. The molecule has 0 bridgehead atoms. The van der Waals surface area contributed by atoms with Crippen molar-refractivity contribution in [2.45, 2.75) is 19.6 Å². The Hall–Kier alpha value is -0.120. The Balaban J connectivity index is 1.91. The molecule has 1 aliphatic heterocycles. The third-order valence-corrected chi connectivity index (χ3v) is 1.29. The zero-order chi connectivity index (χ0) is 7.23. The fourth-order valence-electron chi connectivity index (χ4n) is 0.827. The summed E-state index contributed by atoms with van der Waals surface area (Å²) in [5, 5.41) is 0. The minimum atomic E-state index is -0.105. The SMILES string of the molecule is CCCOCC1OCCO1. The molecule has 10 heavy (non-hydrogen) atoms. The van der Waals surface area contributed by atoms with E-state index < -0.39 is 0 Å². The van der Waals surface area contributed by atoms with Gasteiger partial charge in [0.1, 0.15) is 0 Å². The number of ether oxygens (including phenoxy) is 3. The Morgan fingerprint density at radius 1 is 1.40 bits per heavy atom. The maximum atomic E-state index is 5.22. The standard InChI is InChI=1S/C7H14O3/c1-2-3-8-6-7-9-4-5-10-7/h7H,2-6H2,1H3. The van der Waals surface area contributed by atoms with E-state index in [-0.39, 0.29) is 6.29 Å². The molecule has 0 amide bonds. The van der Waals surface area contributed by atoms with Crippen LogP contribution in [0.5, 0.6) is 0 Å². The molecule has 0 aromatic heterocycles. The first-order valence-corrected chi connectivity index (χ1v) is 3.74. The van der Waals surface area contributed by atoms with Gasteiger partial charge in [-0.15, -0.1) is 0 Å². The molecule has 0 aromatic carbocycles. The van der Waals surface area contributed by atoms with Crippen LogP contribution >= 0.6 is 0 Å². The molecule has 1 rings (SSSR count). The third kappa shape index (κ3) is 2.64. The molecule has 1 heterocycles. The van der Waals surface area contributed by atoms with Crippen molar-refractivity contribution in [3.8, 4) is 0 Å². The van der Waals surface area contributed by atoms with Crippen molar-refractivity contribution in [2.75, 3.05) is 26.4 Å². The smallest absolute Gasteiger partial charge is 0.181 e. The van der Waals surface area contributed by atoms with E-state index >= 15 is 0 Å². The highest BCUT2D eigenvalue weighted by Gasteiger charge is 2.14. The molecular weight excluding hydrogens is 132 g/mol. The van der Waals surface area contributed by atoms with Crippen molar-refractivity contribution < 1.29 is 14.2 Å². The van der Waals surface area contributed by atoms with Crippen LogP contribution in [0.15, 0.2) is 0 Å². The van der Waals surface area contributed by atoms with E-state index in [2.05, 4.69) is 6.92 Å². The highest BCUT2D eigenvalue weighted by Crippen LogP contribution is 2.03. The molecule has 0 spiro atoms. The van der Waals surface area contributed by atoms with Crippen LogP contribution in [0.4, 0.5) is 0 Å². The molecule has 0 saturated carbocycles. The van der Waals surface area contributed by atoms with Crippen molar-refractivity contribution in [1.82, 2.24) is 0 Å². The predicted octanol–water partition coefficient (Wildman–Crippen LogP) is 0.786. The molecule has 3 heteroatoms. The van der Waals surface area contributed by atoms with E-state index in [0.29, 0.717) is 19.8 Å². The molecule has 1 fully saturated rings. The topological polar surface area (TPSA) is 27.7 Å². The molecule has 0 unspecified atom stereocenters. The third-order valence-electron chi connectivity index (χ3n) is 1.29. The van der Waals surface area contributed by atoms with Crippen molar-refractivity contribution in [3.05, 3.63) is 0 Å². The lowest BCUT2D eigenvalue weighted by Crippen LogP contribution is -2.16. The Bertz CT molecular complexity index is 78.9. The highest BCUT2D eigenvalue weighted by atomic mass is 16.7. The van der Waals surface area contributed by atoms with Crippen molar-refractivity contribution in [2.24, 2.45) is 0 Å². The summed E-state index contributed by atoms with van der Waals surface area (Å²) in [4.78, 5) is 0. The van der Waals surface area contributed by atoms with Gasteiger partial charge in [-0.05, 0) is 6.42 Å². The van der Waals surface area contributed by atoms with Gasteiger partial charge in [0.05, 0.1) is 19.8 Å². The van der Waals surface area contributed by atoms with Crippen molar-refractivity contribution in [3.63, 3.8) is 0 Å². The highest BCUT2D eigenvalue weighted by molar-refractivity contribution is 4.48. The lowest BCUT2D eigenvalue weighted by Gasteiger charge is -2.07. The van der Waals surface area contributed by atoms with Crippen molar-refractivity contribution in [1.29, 1.82) is 0 Å². The summed E-state index contributed by atoms with van der Waals surface area (Å²) in [6.07, 6.45) is 0.943. The van der Waals surface area contributed by atoms with Gasteiger partial charge in [0.15, 0.2) is 6.29 Å². The Labute approximate surface area is 61.3 Å². The molecule has 60 valence electrons. The lowest BCUT2D eigenvalue weighted by atomic mass is 10.5. The molecule has 0 atom stereocenters. The van der Waals surface area contributed by atoms with Crippen LogP contribution in [0.2, 0.25) is 0 Å². The molecule has 1 aliphatic rings. The number of hydrogen-bond acceptors (Lipinski definition) is 3. The van der Waals surface area contributed by atoms with Gasteiger partial charge in [-0.25, -0.2) is 0 Å². The first-order valence-electron chi connectivity index (χ1n) is 3.74. The summed E-state index contributed by atoms with van der Waals surface area (Å²) in [7, 11) is 0. The molecular formula is C7H14O3. The molecule has 0 radical (unpaired) electrons. The average molecular weight is 146 g/mol. The first kappa shape index (κ1) is 7.98. The predicted molar refractivity (Wildman–Crippen MR) is 36.8 cm³/mol. The largest absolute Gasteiger partial charge is 0.376 e. The number of rotatable bonds is 4. The normalized spacial score (nSPS) is 20.1. The molecule has 1 saturated heterocycles. The zero-order valence-corrected chi connectivity index (χ0v) is 6.34. The van der Waals surface area contributed by atoms with E-state index in [4.69, 9.17) is 14.2 Å². The van der Waals surface area contributed by atoms with Gasteiger partial charge in [-0.3, -0.25) is 0 Å². The van der Waals surface area contributed by atoms with Gasteiger partial charge in [-0.2, -0.15) is 0 Å². The summed E-state index contributed by atoms with van der Waals surface area (Å²) < 4.78 is 15.5. The van der Waals surface area contributed by atoms with Gasteiger partial charge in [0.2, 0.25) is 0 Å². The molecule has 0 N–H and O–H groups in total. The van der Waals surface area contributed by atoms with Crippen LogP contribution in [0.3, 0.4) is 0 Å². The second-order valence-corrected chi connectivity index (χ2v) is 2.25. The van der Waals surface area contributed by atoms with Gasteiger partial charge in [0.25, 0.3) is 0 Å². The maximum Gasteiger partial charge on any atom is 0.181 e. The second kappa shape index (κ2) is 4.66. The lowest BCUT2D eigenvalue weighted by molar-refractivity contribution is -0.0938. The molecule has 3 nitrogen and oxygen atoms in total.